The van der Waals surface area contributed by atoms with Gasteiger partial charge in [0.15, 0.2) is 6.29 Å². The van der Waals surface area contributed by atoms with Gasteiger partial charge in [-0.25, -0.2) is 4.79 Å². The lowest BCUT2D eigenvalue weighted by atomic mass is 9.46. The molecule has 258 valence electrons. The van der Waals surface area contributed by atoms with Gasteiger partial charge in [0.05, 0.1) is 36.4 Å². The van der Waals surface area contributed by atoms with Crippen LogP contribution in [0.3, 0.4) is 0 Å². The first-order valence-corrected chi connectivity index (χ1v) is 17.0. The molecule has 2 heterocycles. The number of ether oxygens (including phenoxy) is 4. The van der Waals surface area contributed by atoms with Crippen LogP contribution in [0.5, 0.6) is 0 Å². The van der Waals surface area contributed by atoms with Gasteiger partial charge in [0.1, 0.15) is 36.3 Å². The van der Waals surface area contributed by atoms with E-state index >= 15 is 0 Å². The molecule has 0 spiro atoms. The number of aliphatic hydroxyl groups excluding tert-OH is 5. The lowest BCUT2D eigenvalue weighted by Crippen LogP contribution is -2.59. The number of Topliss-reactive ketones (excluding diaryl/α,β-unsaturated/α-hetero) is 1. The minimum atomic E-state index is -1.57. The number of fused-ring (bicyclic) bond motifs is 5. The van der Waals surface area contributed by atoms with Crippen LogP contribution in [0, 0.1) is 40.4 Å². The number of rotatable bonds is 7. The molecule has 15 atom stereocenters. The molecule has 0 radical (unpaired) electrons. The van der Waals surface area contributed by atoms with Crippen LogP contribution in [0.15, 0.2) is 22.8 Å². The van der Waals surface area contributed by atoms with Gasteiger partial charge in [0.25, 0.3) is 0 Å². The summed E-state index contributed by atoms with van der Waals surface area (Å²) in [4.78, 5) is 26.9. The van der Waals surface area contributed by atoms with Crippen molar-refractivity contribution in [3.8, 4) is 0 Å². The molecule has 11 nitrogen and oxygen atoms in total. The maximum absolute atomic E-state index is 13.6. The average molecular weight is 649 g/mol. The Hall–Kier alpha value is -1.70. The highest BCUT2D eigenvalue weighted by Gasteiger charge is 2.63. The zero-order valence-electron chi connectivity index (χ0n) is 27.6. The summed E-state index contributed by atoms with van der Waals surface area (Å²) < 4.78 is 22.7. The Morgan fingerprint density at radius 1 is 1.00 bits per heavy atom. The summed E-state index contributed by atoms with van der Waals surface area (Å²) >= 11 is 0. The van der Waals surface area contributed by atoms with E-state index in [1.54, 1.807) is 7.11 Å². The summed E-state index contributed by atoms with van der Waals surface area (Å²) in [6, 6.07) is 0. The number of ketones is 1. The maximum atomic E-state index is 13.6. The van der Waals surface area contributed by atoms with Gasteiger partial charge in [-0.1, -0.05) is 31.1 Å². The number of carbonyl (C=O) groups is 2. The first kappa shape index (κ1) is 34.2. The summed E-state index contributed by atoms with van der Waals surface area (Å²) in [5.41, 5.74) is 1.56. The van der Waals surface area contributed by atoms with Crippen molar-refractivity contribution in [3.05, 3.63) is 22.8 Å². The van der Waals surface area contributed by atoms with Crippen molar-refractivity contribution in [2.45, 2.75) is 122 Å². The van der Waals surface area contributed by atoms with Gasteiger partial charge in [-0.05, 0) is 81.0 Å². The monoisotopic (exact) mass is 648 g/mol. The zero-order valence-corrected chi connectivity index (χ0v) is 27.6. The highest BCUT2D eigenvalue weighted by atomic mass is 16.7. The highest BCUT2D eigenvalue weighted by Crippen LogP contribution is 2.67. The average Bonchev–Trinajstić information content (AvgIpc) is 3.38. The van der Waals surface area contributed by atoms with Gasteiger partial charge in [-0.3, -0.25) is 4.79 Å². The Kier molecular flexibility index (Phi) is 9.39. The van der Waals surface area contributed by atoms with E-state index in [2.05, 4.69) is 20.8 Å². The molecule has 6 rings (SSSR count). The van der Waals surface area contributed by atoms with Crippen LogP contribution in [-0.4, -0.2) is 107 Å². The third kappa shape index (κ3) is 5.33. The molecule has 0 aromatic rings. The van der Waals surface area contributed by atoms with E-state index in [-0.39, 0.29) is 59.6 Å². The van der Waals surface area contributed by atoms with Gasteiger partial charge < -0.3 is 44.5 Å². The van der Waals surface area contributed by atoms with Crippen molar-refractivity contribution in [2.24, 2.45) is 40.4 Å². The SMILES string of the molecule is CO[C@H]1CC(=O)[C@@]2(C)C(=C[C@@H](O)[C@@H]3[C@@H]2CC[C@]2(C)[C@@H]([C@H](C)[C@H]4CC(C)=C(CO[C@@H]5O[C@H](CO)[C@@H](O)[C@H](O)[C@H]5O)C(=O)O4)CC[C@@H]32)C1. The maximum Gasteiger partial charge on any atom is 0.336 e. The van der Waals surface area contributed by atoms with Crippen LogP contribution in [0.2, 0.25) is 0 Å². The first-order chi connectivity index (χ1) is 21.8. The van der Waals surface area contributed by atoms with E-state index in [0.29, 0.717) is 24.8 Å². The van der Waals surface area contributed by atoms with E-state index in [1.165, 1.54) is 0 Å². The Labute approximate surface area is 270 Å². The molecular weight excluding hydrogens is 596 g/mol. The minimum Gasteiger partial charge on any atom is -0.458 e. The van der Waals surface area contributed by atoms with E-state index in [4.69, 9.17) is 18.9 Å². The molecule has 0 bridgehead atoms. The minimum absolute atomic E-state index is 0.00875. The van der Waals surface area contributed by atoms with E-state index in [9.17, 15) is 35.1 Å². The molecule has 0 unspecified atom stereocenters. The van der Waals surface area contributed by atoms with Gasteiger partial charge in [0, 0.05) is 20.0 Å². The molecule has 1 saturated heterocycles. The van der Waals surface area contributed by atoms with Crippen molar-refractivity contribution in [2.75, 3.05) is 20.3 Å². The van der Waals surface area contributed by atoms with Crippen molar-refractivity contribution in [3.63, 3.8) is 0 Å². The Morgan fingerprint density at radius 3 is 2.41 bits per heavy atom. The van der Waals surface area contributed by atoms with Crippen molar-refractivity contribution < 1.29 is 54.1 Å². The zero-order chi connectivity index (χ0) is 33.3. The summed E-state index contributed by atoms with van der Waals surface area (Å²) in [5, 5.41) is 51.4. The van der Waals surface area contributed by atoms with Crippen LogP contribution >= 0.6 is 0 Å². The van der Waals surface area contributed by atoms with Crippen LogP contribution in [0.25, 0.3) is 0 Å². The van der Waals surface area contributed by atoms with Gasteiger partial charge in [-0.15, -0.1) is 0 Å². The molecule has 4 fully saturated rings. The number of esters is 1. The molecule has 3 saturated carbocycles. The topological polar surface area (TPSA) is 172 Å². The lowest BCUT2D eigenvalue weighted by molar-refractivity contribution is -0.299. The molecule has 46 heavy (non-hydrogen) atoms. The van der Waals surface area contributed by atoms with Crippen LogP contribution in [0.1, 0.15) is 72.6 Å². The highest BCUT2D eigenvalue weighted by molar-refractivity contribution is 5.91. The van der Waals surface area contributed by atoms with Crippen LogP contribution in [0.4, 0.5) is 0 Å². The second kappa shape index (κ2) is 12.6. The van der Waals surface area contributed by atoms with Crippen LogP contribution in [-0.2, 0) is 28.5 Å². The number of carbonyl (C=O) groups excluding carboxylic acids is 2. The summed E-state index contributed by atoms with van der Waals surface area (Å²) in [6.45, 7) is 7.69. The normalized spacial score (nSPS) is 48.3. The van der Waals surface area contributed by atoms with Gasteiger partial charge in [0.2, 0.25) is 0 Å². The fraction of sp³-hybridized carbons (Fsp3) is 0.829. The third-order valence-corrected chi connectivity index (χ3v) is 13.3. The van der Waals surface area contributed by atoms with E-state index in [1.807, 2.05) is 13.0 Å². The molecule has 5 N–H and O–H groups in total. The molecule has 0 amide bonds. The Balaban J connectivity index is 1.14. The molecule has 0 aromatic carbocycles. The molecular formula is C35H52O11. The van der Waals surface area contributed by atoms with Crippen molar-refractivity contribution in [1.29, 1.82) is 0 Å². The number of hydrogen-bond donors (Lipinski definition) is 5. The predicted octanol–water partition coefficient (Wildman–Crippen LogP) is 1.81. The number of hydrogen-bond acceptors (Lipinski definition) is 11. The molecule has 4 aliphatic carbocycles. The van der Waals surface area contributed by atoms with Crippen molar-refractivity contribution >= 4 is 11.8 Å². The molecule has 11 heteroatoms. The predicted molar refractivity (Wildman–Crippen MR) is 164 cm³/mol. The number of aliphatic hydroxyl groups is 5. The summed E-state index contributed by atoms with van der Waals surface area (Å²) in [5.74, 6) is 0.453. The standard InChI is InChI=1S/C35H52O11/c1-16-10-25(45-32(42)20(16)15-44-33-31(41)30(40)29(39)26(14-36)46-33)17(2)21-6-7-22-28-23(8-9-34(21,22)3)35(4)18(12-24(28)37)11-19(43-5)13-27(35)38/h12,17,19,21-26,28-31,33,36-37,39-41H,6-11,13-15H2,1-5H3/t17-,19+,21+,22-,23-,24+,25+,26+,28-,29+,30-,31+,33+,34+,35-/m0/s1. The second-order valence-electron chi connectivity index (χ2n) is 15.4. The Morgan fingerprint density at radius 2 is 1.74 bits per heavy atom. The van der Waals surface area contributed by atoms with Gasteiger partial charge >= 0.3 is 5.97 Å². The van der Waals surface area contributed by atoms with Gasteiger partial charge in [-0.2, -0.15) is 0 Å². The Bertz CT molecular complexity index is 1260. The van der Waals surface area contributed by atoms with E-state index in [0.717, 1.165) is 36.8 Å². The smallest absolute Gasteiger partial charge is 0.336 e. The molecule has 6 aliphatic rings. The summed E-state index contributed by atoms with van der Waals surface area (Å²) in [6.07, 6.45) is -0.729. The quantitative estimate of drug-likeness (QED) is 0.201. The largest absolute Gasteiger partial charge is 0.458 e. The fourth-order valence-electron chi connectivity index (χ4n) is 10.5. The summed E-state index contributed by atoms with van der Waals surface area (Å²) in [7, 11) is 1.65. The third-order valence-electron chi connectivity index (χ3n) is 13.3. The molecule has 2 aliphatic heterocycles. The fourth-order valence-corrected chi connectivity index (χ4v) is 10.5. The lowest BCUT2D eigenvalue weighted by Gasteiger charge is -2.59. The van der Waals surface area contributed by atoms with Crippen molar-refractivity contribution in [1.82, 2.24) is 0 Å². The number of cyclic esters (lactones) is 1. The second-order valence-corrected chi connectivity index (χ2v) is 15.4. The molecule has 0 aromatic heterocycles. The van der Waals surface area contributed by atoms with E-state index < -0.39 is 54.8 Å². The van der Waals surface area contributed by atoms with Crippen LogP contribution < -0.4 is 0 Å². The number of methoxy groups -OCH3 is 1. The first-order valence-electron chi connectivity index (χ1n) is 17.0.